The van der Waals surface area contributed by atoms with E-state index in [1.54, 1.807) is 0 Å². The van der Waals surface area contributed by atoms with Crippen molar-refractivity contribution >= 4 is 70.3 Å². The summed E-state index contributed by atoms with van der Waals surface area (Å²) in [7, 11) is 0. The van der Waals surface area contributed by atoms with Gasteiger partial charge >= 0.3 is 23.9 Å². The molecule has 1 N–H and O–H groups in total. The molecule has 0 aromatic heterocycles. The second kappa shape index (κ2) is 12.5. The quantitative estimate of drug-likeness (QED) is 0.268. The largest absolute Gasteiger partial charge is 0.462 e. The number of aliphatic hydroxyl groups excluding tert-OH is 1. The summed E-state index contributed by atoms with van der Waals surface area (Å²) in [6, 6.07) is 0. The second-order valence-corrected chi connectivity index (χ2v) is 6.22. The number of ether oxygens (including phenoxy) is 5. The molecule has 1 aliphatic rings. The predicted molar refractivity (Wildman–Crippen MR) is 94.4 cm³/mol. The van der Waals surface area contributed by atoms with Gasteiger partial charge in [0.2, 0.25) is 0 Å². The van der Waals surface area contributed by atoms with Crippen molar-refractivity contribution in [2.24, 2.45) is 0 Å². The molecule has 0 spiro atoms. The zero-order valence-corrected chi connectivity index (χ0v) is 17.1. The van der Waals surface area contributed by atoms with E-state index in [0.717, 1.165) is 0 Å². The van der Waals surface area contributed by atoms with Gasteiger partial charge in [-0.3, -0.25) is 19.2 Å². The van der Waals surface area contributed by atoms with Crippen LogP contribution in [0.15, 0.2) is 0 Å². The maximum Gasteiger partial charge on any atom is 0.321 e. The molecule has 1 aliphatic heterocycles. The normalized spacial score (nSPS) is 26.8. The second-order valence-electron chi connectivity index (χ2n) is 5.15. The molecule has 160 valence electrons. The topological polar surface area (TPSA) is 135 Å². The highest BCUT2D eigenvalue weighted by molar-refractivity contribution is 6.27. The lowest BCUT2D eigenvalue weighted by Gasteiger charge is -2.42. The minimum atomic E-state index is -1.84. The summed E-state index contributed by atoms with van der Waals surface area (Å²) in [4.78, 5) is 46.2. The van der Waals surface area contributed by atoms with Crippen molar-refractivity contribution in [1.82, 2.24) is 0 Å². The summed E-state index contributed by atoms with van der Waals surface area (Å²) in [5.41, 5.74) is 0. The molecule has 1 saturated heterocycles. The van der Waals surface area contributed by atoms with E-state index in [-0.39, 0.29) is 0 Å². The van der Waals surface area contributed by atoms with Crippen LogP contribution in [-0.2, 0) is 42.9 Å². The fourth-order valence-corrected chi connectivity index (χ4v) is 2.46. The molecular formula is C14H16Cl4O10. The molecule has 0 radical (unpaired) electrons. The molecular weight excluding hydrogens is 470 g/mol. The Morgan fingerprint density at radius 2 is 1.14 bits per heavy atom. The van der Waals surface area contributed by atoms with Gasteiger partial charge in [-0.25, -0.2) is 0 Å². The van der Waals surface area contributed by atoms with Gasteiger partial charge in [-0.1, -0.05) is 0 Å². The van der Waals surface area contributed by atoms with Crippen LogP contribution < -0.4 is 0 Å². The molecule has 0 bridgehead atoms. The summed E-state index contributed by atoms with van der Waals surface area (Å²) < 4.78 is 25.1. The number of esters is 4. The van der Waals surface area contributed by atoms with Gasteiger partial charge in [-0.15, -0.1) is 46.4 Å². The van der Waals surface area contributed by atoms with Crippen molar-refractivity contribution in [3.8, 4) is 0 Å². The Morgan fingerprint density at radius 3 is 1.61 bits per heavy atom. The van der Waals surface area contributed by atoms with Crippen LogP contribution in [0.25, 0.3) is 0 Å². The van der Waals surface area contributed by atoms with Crippen molar-refractivity contribution in [2.75, 3.05) is 30.1 Å². The standard InChI is InChI=1S/C14H16Cl4O10/c15-1-7(19)24-5-6-11(26-8(20)2-16)12(27-9(21)3-17)13(14(23)25-6)28-10(22)4-18/h6,11-14,23H,1-5H2/t6?,11-,12?,13+,14?/m0/s1. The van der Waals surface area contributed by atoms with E-state index in [0.29, 0.717) is 0 Å². The van der Waals surface area contributed by atoms with Gasteiger partial charge in [0, 0.05) is 0 Å². The van der Waals surface area contributed by atoms with E-state index in [2.05, 4.69) is 0 Å². The van der Waals surface area contributed by atoms with Crippen molar-refractivity contribution in [3.63, 3.8) is 0 Å². The van der Waals surface area contributed by atoms with Crippen molar-refractivity contribution in [3.05, 3.63) is 0 Å². The Morgan fingerprint density at radius 1 is 0.714 bits per heavy atom. The SMILES string of the molecule is O=C(CCl)OCC1OC(O)[C@H](OC(=O)CCl)C(OC(=O)CCl)[C@H]1OC(=O)CCl. The number of carbonyl (C=O) groups is 4. The first-order chi connectivity index (χ1) is 13.3. The monoisotopic (exact) mass is 484 g/mol. The van der Waals surface area contributed by atoms with Gasteiger partial charge < -0.3 is 28.8 Å². The Bertz CT molecular complexity index is 574. The van der Waals surface area contributed by atoms with Gasteiger partial charge in [0.1, 0.15) is 36.2 Å². The highest BCUT2D eigenvalue weighted by Crippen LogP contribution is 2.28. The van der Waals surface area contributed by atoms with Crippen LogP contribution in [0.1, 0.15) is 0 Å². The maximum absolute atomic E-state index is 11.7. The van der Waals surface area contributed by atoms with Gasteiger partial charge in [0.15, 0.2) is 24.6 Å². The summed E-state index contributed by atoms with van der Waals surface area (Å²) in [5, 5.41) is 10.2. The number of hydrogen-bond acceptors (Lipinski definition) is 10. The van der Waals surface area contributed by atoms with E-state index in [1.807, 2.05) is 0 Å². The number of alkyl halides is 4. The third-order valence-corrected chi connectivity index (χ3v) is 4.13. The smallest absolute Gasteiger partial charge is 0.321 e. The van der Waals surface area contributed by atoms with Crippen LogP contribution >= 0.6 is 46.4 Å². The average Bonchev–Trinajstić information content (AvgIpc) is 2.69. The zero-order valence-electron chi connectivity index (χ0n) is 14.1. The first-order valence-electron chi connectivity index (χ1n) is 7.58. The van der Waals surface area contributed by atoms with Crippen LogP contribution in [0.4, 0.5) is 0 Å². The molecule has 0 amide bonds. The molecule has 0 aromatic carbocycles. The van der Waals surface area contributed by atoms with Gasteiger partial charge in [-0.05, 0) is 0 Å². The van der Waals surface area contributed by atoms with Gasteiger partial charge in [0.25, 0.3) is 0 Å². The number of rotatable bonds is 9. The molecule has 10 nitrogen and oxygen atoms in total. The zero-order chi connectivity index (χ0) is 21.3. The molecule has 0 aromatic rings. The van der Waals surface area contributed by atoms with E-state index in [4.69, 9.17) is 70.1 Å². The third kappa shape index (κ3) is 7.41. The first-order valence-corrected chi connectivity index (χ1v) is 9.72. The van der Waals surface area contributed by atoms with E-state index >= 15 is 0 Å². The summed E-state index contributed by atoms with van der Waals surface area (Å²) in [6.07, 6.45) is -7.81. The number of carbonyl (C=O) groups excluding carboxylic acids is 4. The molecule has 1 heterocycles. The summed E-state index contributed by atoms with van der Waals surface area (Å²) in [6.45, 7) is -0.534. The summed E-state index contributed by atoms with van der Waals surface area (Å²) in [5.74, 6) is -5.94. The molecule has 14 heteroatoms. The summed E-state index contributed by atoms with van der Waals surface area (Å²) >= 11 is 21.5. The lowest BCUT2D eigenvalue weighted by molar-refractivity contribution is -0.295. The minimum Gasteiger partial charge on any atom is -0.462 e. The first kappa shape index (κ1) is 25.0. The molecule has 1 fully saturated rings. The number of hydrogen-bond donors (Lipinski definition) is 1. The Labute approximate surface area is 179 Å². The van der Waals surface area contributed by atoms with Crippen molar-refractivity contribution < 1.29 is 48.0 Å². The van der Waals surface area contributed by atoms with Gasteiger partial charge in [-0.2, -0.15) is 0 Å². The van der Waals surface area contributed by atoms with Crippen LogP contribution in [0.5, 0.6) is 0 Å². The maximum atomic E-state index is 11.7. The van der Waals surface area contributed by atoms with Crippen LogP contribution in [0, 0.1) is 0 Å². The fraction of sp³-hybridized carbons (Fsp3) is 0.714. The van der Waals surface area contributed by atoms with E-state index < -0.39 is 84.7 Å². The average molecular weight is 486 g/mol. The Balaban J connectivity index is 3.17. The number of aliphatic hydroxyl groups is 1. The predicted octanol–water partition coefficient (Wildman–Crippen LogP) is -0.0626. The van der Waals surface area contributed by atoms with Crippen LogP contribution in [0.3, 0.4) is 0 Å². The molecule has 28 heavy (non-hydrogen) atoms. The van der Waals surface area contributed by atoms with E-state index in [9.17, 15) is 24.3 Å². The van der Waals surface area contributed by atoms with Crippen LogP contribution in [0.2, 0.25) is 0 Å². The lowest BCUT2D eigenvalue weighted by Crippen LogP contribution is -2.62. The van der Waals surface area contributed by atoms with Crippen LogP contribution in [-0.4, -0.2) is 89.8 Å². The number of halogens is 4. The Hall–Kier alpha value is -1.04. The van der Waals surface area contributed by atoms with Gasteiger partial charge in [0.05, 0.1) is 0 Å². The molecule has 3 unspecified atom stereocenters. The molecule has 0 saturated carbocycles. The van der Waals surface area contributed by atoms with Crippen molar-refractivity contribution in [1.29, 1.82) is 0 Å². The lowest BCUT2D eigenvalue weighted by atomic mass is 9.98. The van der Waals surface area contributed by atoms with E-state index in [1.165, 1.54) is 0 Å². The Kier molecular flexibility index (Phi) is 11.2. The third-order valence-electron chi connectivity index (χ3n) is 3.26. The highest BCUT2D eigenvalue weighted by atomic mass is 35.5. The fourth-order valence-electron chi connectivity index (χ4n) is 2.19. The highest BCUT2D eigenvalue weighted by Gasteiger charge is 2.52. The molecule has 1 rings (SSSR count). The minimum absolute atomic E-state index is 0.470. The molecule has 5 atom stereocenters. The molecule has 0 aliphatic carbocycles. The van der Waals surface area contributed by atoms with Crippen molar-refractivity contribution in [2.45, 2.75) is 30.7 Å².